The number of ketones is 1. The van der Waals surface area contributed by atoms with Gasteiger partial charge in [-0.15, -0.1) is 0 Å². The van der Waals surface area contributed by atoms with E-state index in [2.05, 4.69) is 4.98 Å². The summed E-state index contributed by atoms with van der Waals surface area (Å²) in [5.41, 5.74) is 9.27. The average molecular weight is 285 g/mol. The number of anilines is 1. The number of nitrogens with two attached hydrogens (primary N) is 1. The lowest BCUT2D eigenvalue weighted by molar-refractivity contribution is 0.104. The fraction of sp³-hybridized carbons (Fsp3) is 0.0625. The van der Waals surface area contributed by atoms with Gasteiger partial charge in [-0.05, 0) is 30.7 Å². The number of carbonyl (C=O) groups is 1. The van der Waals surface area contributed by atoms with Crippen molar-refractivity contribution in [2.75, 3.05) is 5.73 Å². The molecule has 1 aromatic heterocycles. The van der Waals surface area contributed by atoms with Gasteiger partial charge in [0.2, 0.25) is 0 Å². The Labute approximate surface area is 121 Å². The first-order chi connectivity index (χ1) is 9.59. The Balaban J connectivity index is 2.21. The SMILES string of the molecule is Cc1cccc2[nH]cc(C(=O)c3cccc(Cl)c3N)c12. The molecule has 20 heavy (non-hydrogen) atoms. The molecule has 3 nitrogen and oxygen atoms in total. The van der Waals surface area contributed by atoms with E-state index in [9.17, 15) is 4.79 Å². The summed E-state index contributed by atoms with van der Waals surface area (Å²) in [7, 11) is 0. The molecule has 2 aromatic carbocycles. The van der Waals surface area contributed by atoms with E-state index in [1.807, 2.05) is 25.1 Å². The number of para-hydroxylation sites is 1. The van der Waals surface area contributed by atoms with Crippen molar-refractivity contribution in [3.63, 3.8) is 0 Å². The van der Waals surface area contributed by atoms with Crippen molar-refractivity contribution < 1.29 is 4.79 Å². The van der Waals surface area contributed by atoms with Crippen LogP contribution < -0.4 is 5.73 Å². The van der Waals surface area contributed by atoms with Crippen LogP contribution in [-0.2, 0) is 0 Å². The van der Waals surface area contributed by atoms with Gasteiger partial charge in [0, 0.05) is 28.2 Å². The van der Waals surface area contributed by atoms with E-state index in [4.69, 9.17) is 17.3 Å². The molecule has 0 bridgehead atoms. The van der Waals surface area contributed by atoms with Crippen LogP contribution in [0.2, 0.25) is 5.02 Å². The number of hydrogen-bond acceptors (Lipinski definition) is 2. The van der Waals surface area contributed by atoms with Gasteiger partial charge in [0.15, 0.2) is 5.78 Å². The van der Waals surface area contributed by atoms with Gasteiger partial charge in [0.25, 0.3) is 0 Å². The van der Waals surface area contributed by atoms with Crippen LogP contribution >= 0.6 is 11.6 Å². The Kier molecular flexibility index (Phi) is 2.99. The van der Waals surface area contributed by atoms with Gasteiger partial charge < -0.3 is 10.7 Å². The summed E-state index contributed by atoms with van der Waals surface area (Å²) in [4.78, 5) is 15.8. The standard InChI is InChI=1S/C16H13ClN2O/c1-9-4-2-7-13-14(9)11(8-19-13)16(20)10-5-3-6-12(17)15(10)18/h2-8,19H,18H2,1H3. The summed E-state index contributed by atoms with van der Waals surface area (Å²) < 4.78 is 0. The lowest BCUT2D eigenvalue weighted by atomic mass is 9.99. The Hall–Kier alpha value is -2.26. The normalized spacial score (nSPS) is 10.9. The number of H-pyrrole nitrogens is 1. The zero-order chi connectivity index (χ0) is 14.3. The second-order valence-corrected chi connectivity index (χ2v) is 5.14. The molecule has 100 valence electrons. The minimum Gasteiger partial charge on any atom is -0.397 e. The summed E-state index contributed by atoms with van der Waals surface area (Å²) in [5, 5.41) is 1.32. The van der Waals surface area contributed by atoms with E-state index in [1.54, 1.807) is 24.4 Å². The molecule has 0 spiro atoms. The number of aryl methyl sites for hydroxylation is 1. The molecule has 0 amide bonds. The number of aromatic amines is 1. The highest BCUT2D eigenvalue weighted by Gasteiger charge is 2.18. The van der Waals surface area contributed by atoms with Crippen LogP contribution in [0.5, 0.6) is 0 Å². The van der Waals surface area contributed by atoms with E-state index >= 15 is 0 Å². The summed E-state index contributed by atoms with van der Waals surface area (Å²) in [5.74, 6) is -0.120. The average Bonchev–Trinajstić information content (AvgIpc) is 2.86. The summed E-state index contributed by atoms with van der Waals surface area (Å²) in [6.45, 7) is 1.98. The fourth-order valence-electron chi connectivity index (χ4n) is 2.43. The predicted molar refractivity (Wildman–Crippen MR) is 82.3 cm³/mol. The van der Waals surface area contributed by atoms with E-state index in [0.717, 1.165) is 16.5 Å². The number of nitrogen functional groups attached to an aromatic ring is 1. The zero-order valence-electron chi connectivity index (χ0n) is 10.9. The Bertz CT molecular complexity index is 820. The summed E-state index contributed by atoms with van der Waals surface area (Å²) in [6, 6.07) is 11.0. The second-order valence-electron chi connectivity index (χ2n) is 4.73. The highest BCUT2D eigenvalue weighted by molar-refractivity contribution is 6.34. The molecule has 0 radical (unpaired) electrons. The van der Waals surface area contributed by atoms with Crippen molar-refractivity contribution in [2.24, 2.45) is 0 Å². The highest BCUT2D eigenvalue weighted by Crippen LogP contribution is 2.28. The van der Waals surface area contributed by atoms with Crippen LogP contribution in [-0.4, -0.2) is 10.8 Å². The minimum atomic E-state index is -0.120. The van der Waals surface area contributed by atoms with E-state index < -0.39 is 0 Å². The molecular weight excluding hydrogens is 272 g/mol. The molecule has 3 rings (SSSR count). The molecule has 0 aliphatic heterocycles. The summed E-state index contributed by atoms with van der Waals surface area (Å²) >= 11 is 5.98. The third kappa shape index (κ3) is 1.87. The Morgan fingerprint density at radius 2 is 1.90 bits per heavy atom. The third-order valence-electron chi connectivity index (χ3n) is 3.46. The van der Waals surface area contributed by atoms with E-state index in [0.29, 0.717) is 21.8 Å². The lowest BCUT2D eigenvalue weighted by Gasteiger charge is -2.06. The number of fused-ring (bicyclic) bond motifs is 1. The number of rotatable bonds is 2. The van der Waals surface area contributed by atoms with Gasteiger partial charge in [-0.25, -0.2) is 0 Å². The number of aromatic nitrogens is 1. The van der Waals surface area contributed by atoms with Gasteiger partial charge in [0.1, 0.15) is 0 Å². The number of halogens is 1. The monoisotopic (exact) mass is 284 g/mol. The molecule has 0 aliphatic carbocycles. The van der Waals surface area contributed by atoms with Gasteiger partial charge in [-0.1, -0.05) is 29.8 Å². The minimum absolute atomic E-state index is 0.120. The first-order valence-corrected chi connectivity index (χ1v) is 6.63. The molecule has 0 saturated heterocycles. The van der Waals surface area contributed by atoms with Crippen molar-refractivity contribution in [3.8, 4) is 0 Å². The third-order valence-corrected chi connectivity index (χ3v) is 3.79. The van der Waals surface area contributed by atoms with Gasteiger partial charge in [-0.3, -0.25) is 4.79 Å². The quantitative estimate of drug-likeness (QED) is 0.553. The van der Waals surface area contributed by atoms with Gasteiger partial charge in [-0.2, -0.15) is 0 Å². The van der Waals surface area contributed by atoms with E-state index in [1.165, 1.54) is 0 Å². The number of carbonyl (C=O) groups excluding carboxylic acids is 1. The van der Waals surface area contributed by atoms with Crippen LogP contribution in [0.4, 0.5) is 5.69 Å². The summed E-state index contributed by atoms with van der Waals surface area (Å²) in [6.07, 6.45) is 1.72. The van der Waals surface area contributed by atoms with Crippen molar-refractivity contribution in [1.82, 2.24) is 4.98 Å². The van der Waals surface area contributed by atoms with Crippen molar-refractivity contribution >= 4 is 34.0 Å². The fourth-order valence-corrected chi connectivity index (χ4v) is 2.60. The molecular formula is C16H13ClN2O. The lowest BCUT2D eigenvalue weighted by Crippen LogP contribution is -2.05. The molecule has 3 aromatic rings. The van der Waals surface area contributed by atoms with Crippen LogP contribution in [0.15, 0.2) is 42.6 Å². The van der Waals surface area contributed by atoms with E-state index in [-0.39, 0.29) is 5.78 Å². The molecule has 0 unspecified atom stereocenters. The largest absolute Gasteiger partial charge is 0.397 e. The zero-order valence-corrected chi connectivity index (χ0v) is 11.7. The molecule has 0 aliphatic rings. The molecule has 0 atom stereocenters. The first-order valence-electron chi connectivity index (χ1n) is 6.25. The topological polar surface area (TPSA) is 58.9 Å². The van der Waals surface area contributed by atoms with Crippen LogP contribution in [0.3, 0.4) is 0 Å². The number of benzene rings is 2. The van der Waals surface area contributed by atoms with Crippen LogP contribution in [0, 0.1) is 6.92 Å². The highest BCUT2D eigenvalue weighted by atomic mass is 35.5. The maximum Gasteiger partial charge on any atom is 0.197 e. The molecule has 3 N–H and O–H groups in total. The van der Waals surface area contributed by atoms with Crippen molar-refractivity contribution in [1.29, 1.82) is 0 Å². The van der Waals surface area contributed by atoms with Crippen molar-refractivity contribution in [2.45, 2.75) is 6.92 Å². The Morgan fingerprint density at radius 1 is 1.15 bits per heavy atom. The second kappa shape index (κ2) is 4.69. The maximum atomic E-state index is 12.7. The maximum absolute atomic E-state index is 12.7. The molecule has 0 fully saturated rings. The molecule has 4 heteroatoms. The van der Waals surface area contributed by atoms with Gasteiger partial charge in [0.05, 0.1) is 10.7 Å². The van der Waals surface area contributed by atoms with Crippen LogP contribution in [0.1, 0.15) is 21.5 Å². The predicted octanol–water partition coefficient (Wildman–Crippen LogP) is 3.94. The number of nitrogens with one attached hydrogen (secondary N) is 1. The van der Waals surface area contributed by atoms with Crippen LogP contribution in [0.25, 0.3) is 10.9 Å². The first kappa shape index (κ1) is 12.8. The number of hydrogen-bond donors (Lipinski definition) is 2. The molecule has 0 saturated carbocycles. The molecule has 1 heterocycles. The van der Waals surface area contributed by atoms with Gasteiger partial charge >= 0.3 is 0 Å². The smallest absolute Gasteiger partial charge is 0.197 e. The van der Waals surface area contributed by atoms with Crippen molar-refractivity contribution in [3.05, 3.63) is 64.3 Å². The Morgan fingerprint density at radius 3 is 2.70 bits per heavy atom.